The molecule has 0 saturated heterocycles. The average molecular weight is 341 g/mol. The molecular formula is C20H23NO4. The Hall–Kier alpha value is -2.66. The van der Waals surface area contributed by atoms with Gasteiger partial charge in [-0.1, -0.05) is 24.3 Å². The molecule has 0 aliphatic heterocycles. The third kappa shape index (κ3) is 4.25. The van der Waals surface area contributed by atoms with E-state index in [9.17, 15) is 14.7 Å². The smallest absolute Gasteiger partial charge is 0.337 e. The van der Waals surface area contributed by atoms with Gasteiger partial charge in [-0.25, -0.2) is 4.79 Å². The van der Waals surface area contributed by atoms with Gasteiger partial charge in [0.25, 0.3) is 5.91 Å². The number of esters is 1. The van der Waals surface area contributed by atoms with Crippen LogP contribution in [0.3, 0.4) is 0 Å². The van der Waals surface area contributed by atoms with E-state index < -0.39 is 12.1 Å². The van der Waals surface area contributed by atoms with Crippen LogP contribution in [-0.4, -0.2) is 42.1 Å². The van der Waals surface area contributed by atoms with E-state index in [4.69, 9.17) is 0 Å². The monoisotopic (exact) mass is 341 g/mol. The SMILES string of the molecule is CCN(CC)C(=O)c1ccc(C(O)c2ccc(C(=O)OC)cc2)cc1. The van der Waals surface area contributed by atoms with Gasteiger partial charge in [0.15, 0.2) is 0 Å². The van der Waals surface area contributed by atoms with Crippen molar-refractivity contribution in [1.82, 2.24) is 4.90 Å². The Morgan fingerprint density at radius 1 is 0.920 bits per heavy atom. The molecule has 0 aliphatic carbocycles. The van der Waals surface area contributed by atoms with Crippen molar-refractivity contribution < 1.29 is 19.4 Å². The second-order valence-corrected chi connectivity index (χ2v) is 5.62. The summed E-state index contributed by atoms with van der Waals surface area (Å²) in [5.74, 6) is -0.436. The summed E-state index contributed by atoms with van der Waals surface area (Å²) in [6, 6.07) is 13.5. The fraction of sp³-hybridized carbons (Fsp3) is 0.300. The van der Waals surface area contributed by atoms with Crippen molar-refractivity contribution >= 4 is 11.9 Å². The maximum absolute atomic E-state index is 12.3. The Bertz CT molecular complexity index is 718. The van der Waals surface area contributed by atoms with Gasteiger partial charge >= 0.3 is 5.97 Å². The van der Waals surface area contributed by atoms with Crippen LogP contribution in [0, 0.1) is 0 Å². The standard InChI is InChI=1S/C20H23NO4/c1-4-21(5-2)19(23)16-10-6-14(7-11-16)18(22)15-8-12-17(13-9-15)20(24)25-3/h6-13,18,22H,4-5H2,1-3H3. The van der Waals surface area contributed by atoms with E-state index in [2.05, 4.69) is 4.74 Å². The molecule has 0 aromatic heterocycles. The number of amides is 1. The molecule has 25 heavy (non-hydrogen) atoms. The van der Waals surface area contributed by atoms with Crippen molar-refractivity contribution in [3.05, 3.63) is 70.8 Å². The zero-order valence-corrected chi connectivity index (χ0v) is 14.7. The van der Waals surface area contributed by atoms with Crippen LogP contribution in [-0.2, 0) is 4.74 Å². The van der Waals surface area contributed by atoms with Gasteiger partial charge in [0, 0.05) is 18.7 Å². The summed E-state index contributed by atoms with van der Waals surface area (Å²) in [4.78, 5) is 25.5. The fourth-order valence-electron chi connectivity index (χ4n) is 2.61. The lowest BCUT2D eigenvalue weighted by atomic mass is 9.99. The first-order valence-corrected chi connectivity index (χ1v) is 8.27. The number of carbonyl (C=O) groups is 2. The highest BCUT2D eigenvalue weighted by molar-refractivity contribution is 5.94. The largest absolute Gasteiger partial charge is 0.465 e. The van der Waals surface area contributed by atoms with Crippen LogP contribution in [0.2, 0.25) is 0 Å². The second kappa shape index (κ2) is 8.44. The molecule has 0 heterocycles. The number of ether oxygens (including phenoxy) is 1. The number of carbonyl (C=O) groups excluding carboxylic acids is 2. The van der Waals surface area contributed by atoms with Crippen LogP contribution >= 0.6 is 0 Å². The molecular weight excluding hydrogens is 318 g/mol. The fourth-order valence-corrected chi connectivity index (χ4v) is 2.61. The zero-order valence-electron chi connectivity index (χ0n) is 14.7. The lowest BCUT2D eigenvalue weighted by Gasteiger charge is -2.19. The van der Waals surface area contributed by atoms with Crippen LogP contribution in [0.15, 0.2) is 48.5 Å². The number of aliphatic hydroxyl groups excluding tert-OH is 1. The number of hydrogen-bond acceptors (Lipinski definition) is 4. The average Bonchev–Trinajstić information content (AvgIpc) is 2.68. The third-order valence-corrected chi connectivity index (χ3v) is 4.17. The van der Waals surface area contributed by atoms with E-state index in [1.807, 2.05) is 13.8 Å². The summed E-state index contributed by atoms with van der Waals surface area (Å²) in [5, 5.41) is 10.5. The van der Waals surface area contributed by atoms with Crippen LogP contribution in [0.4, 0.5) is 0 Å². The molecule has 0 bridgehead atoms. The summed E-state index contributed by atoms with van der Waals surface area (Å²) >= 11 is 0. The van der Waals surface area contributed by atoms with Gasteiger partial charge in [-0.2, -0.15) is 0 Å². The first-order valence-electron chi connectivity index (χ1n) is 8.27. The van der Waals surface area contributed by atoms with Crippen molar-refractivity contribution in [3.63, 3.8) is 0 Å². The van der Waals surface area contributed by atoms with Crippen LogP contribution < -0.4 is 0 Å². The predicted molar refractivity (Wildman–Crippen MR) is 95.5 cm³/mol. The van der Waals surface area contributed by atoms with Gasteiger partial charge in [0.05, 0.1) is 12.7 Å². The summed E-state index contributed by atoms with van der Waals surface area (Å²) in [6.07, 6.45) is -0.829. The van der Waals surface area contributed by atoms with Gasteiger partial charge in [0.2, 0.25) is 0 Å². The normalized spacial score (nSPS) is 11.7. The molecule has 5 heteroatoms. The predicted octanol–water partition coefficient (Wildman–Crippen LogP) is 3.04. The summed E-state index contributed by atoms with van der Waals surface area (Å²) in [6.45, 7) is 5.20. The Balaban J connectivity index is 2.16. The molecule has 0 fully saturated rings. The zero-order chi connectivity index (χ0) is 18.4. The quantitative estimate of drug-likeness (QED) is 0.820. The van der Waals surface area contributed by atoms with E-state index in [1.165, 1.54) is 7.11 Å². The first-order chi connectivity index (χ1) is 12.0. The third-order valence-electron chi connectivity index (χ3n) is 4.17. The maximum Gasteiger partial charge on any atom is 0.337 e. The van der Waals surface area contributed by atoms with Crippen LogP contribution in [0.5, 0.6) is 0 Å². The Kier molecular flexibility index (Phi) is 6.31. The highest BCUT2D eigenvalue weighted by atomic mass is 16.5. The molecule has 0 saturated carbocycles. The number of methoxy groups -OCH3 is 1. The van der Waals surface area contributed by atoms with Gasteiger partial charge in [-0.05, 0) is 49.2 Å². The van der Waals surface area contributed by atoms with E-state index >= 15 is 0 Å². The lowest BCUT2D eigenvalue weighted by molar-refractivity contribution is 0.0600. The number of hydrogen-bond donors (Lipinski definition) is 1. The maximum atomic E-state index is 12.3. The molecule has 1 unspecified atom stereocenters. The van der Waals surface area contributed by atoms with Crippen molar-refractivity contribution in [3.8, 4) is 0 Å². The van der Waals surface area contributed by atoms with Crippen molar-refractivity contribution in [1.29, 1.82) is 0 Å². The Morgan fingerprint density at radius 3 is 1.76 bits per heavy atom. The van der Waals surface area contributed by atoms with Gasteiger partial charge in [0.1, 0.15) is 6.10 Å². The van der Waals surface area contributed by atoms with Crippen molar-refractivity contribution in [2.24, 2.45) is 0 Å². The van der Waals surface area contributed by atoms with Gasteiger partial charge in [-0.3, -0.25) is 4.79 Å². The summed E-state index contributed by atoms with van der Waals surface area (Å²) in [5.41, 5.74) is 2.37. The topological polar surface area (TPSA) is 66.8 Å². The Morgan fingerprint density at radius 2 is 1.36 bits per heavy atom. The highest BCUT2D eigenvalue weighted by Gasteiger charge is 2.15. The molecule has 0 radical (unpaired) electrons. The molecule has 1 atom stereocenters. The number of nitrogens with zero attached hydrogens (tertiary/aromatic N) is 1. The number of benzene rings is 2. The van der Waals surface area contributed by atoms with Gasteiger partial charge in [-0.15, -0.1) is 0 Å². The number of aliphatic hydroxyl groups is 1. The molecule has 2 aromatic rings. The first kappa shape index (κ1) is 18.7. The van der Waals surface area contributed by atoms with Crippen LogP contribution in [0.25, 0.3) is 0 Å². The summed E-state index contributed by atoms with van der Waals surface area (Å²) < 4.78 is 4.66. The molecule has 0 aliphatic rings. The molecule has 0 spiro atoms. The van der Waals surface area contributed by atoms with E-state index in [0.29, 0.717) is 35.3 Å². The van der Waals surface area contributed by atoms with Crippen LogP contribution in [0.1, 0.15) is 51.8 Å². The van der Waals surface area contributed by atoms with E-state index in [-0.39, 0.29) is 5.91 Å². The minimum Gasteiger partial charge on any atom is -0.465 e. The number of rotatable bonds is 6. The second-order valence-electron chi connectivity index (χ2n) is 5.62. The van der Waals surface area contributed by atoms with E-state index in [0.717, 1.165) is 0 Å². The minimum atomic E-state index is -0.829. The van der Waals surface area contributed by atoms with Crippen molar-refractivity contribution in [2.75, 3.05) is 20.2 Å². The minimum absolute atomic E-state index is 0.0199. The lowest BCUT2D eigenvalue weighted by Crippen LogP contribution is -2.30. The molecule has 5 nitrogen and oxygen atoms in total. The highest BCUT2D eigenvalue weighted by Crippen LogP contribution is 2.23. The Labute approximate surface area is 147 Å². The molecule has 2 aromatic carbocycles. The molecule has 132 valence electrons. The van der Waals surface area contributed by atoms with Crippen molar-refractivity contribution in [2.45, 2.75) is 20.0 Å². The van der Waals surface area contributed by atoms with Gasteiger partial charge < -0.3 is 14.7 Å². The molecule has 1 amide bonds. The molecule has 1 N–H and O–H groups in total. The summed E-state index contributed by atoms with van der Waals surface area (Å²) in [7, 11) is 1.33. The van der Waals surface area contributed by atoms with E-state index in [1.54, 1.807) is 53.4 Å². The molecule has 2 rings (SSSR count).